The van der Waals surface area contributed by atoms with E-state index in [9.17, 15) is 0 Å². The highest BCUT2D eigenvalue weighted by molar-refractivity contribution is 5.77. The van der Waals surface area contributed by atoms with Crippen molar-refractivity contribution in [1.82, 2.24) is 10.2 Å². The highest BCUT2D eigenvalue weighted by Gasteiger charge is 2.10. The maximum atomic E-state index is 5.88. The highest BCUT2D eigenvalue weighted by atomic mass is 16.3. The number of para-hydroxylation sites is 1. The first kappa shape index (κ1) is 15.1. The average Bonchev–Trinajstić information content (AvgIpc) is 2.91. The molecule has 20 heavy (non-hydrogen) atoms. The Balaban J connectivity index is 1.81. The van der Waals surface area contributed by atoms with Crippen molar-refractivity contribution < 1.29 is 4.42 Å². The normalized spacial score (nSPS) is 13.2. The van der Waals surface area contributed by atoms with Gasteiger partial charge >= 0.3 is 0 Å². The number of nitrogens with one attached hydrogen (secondary N) is 1. The zero-order valence-corrected chi connectivity index (χ0v) is 12.9. The summed E-state index contributed by atoms with van der Waals surface area (Å²) in [4.78, 5) is 2.45. The SMILES string of the molecule is CCN(CC)CCCNC(C)c1cc2ccccc2o1. The van der Waals surface area contributed by atoms with E-state index in [-0.39, 0.29) is 6.04 Å². The minimum atomic E-state index is 0.263. The second-order valence-corrected chi connectivity index (χ2v) is 5.24. The molecule has 1 atom stereocenters. The van der Waals surface area contributed by atoms with Crippen molar-refractivity contribution in [3.8, 4) is 0 Å². The number of benzene rings is 1. The monoisotopic (exact) mass is 274 g/mol. The van der Waals surface area contributed by atoms with E-state index >= 15 is 0 Å². The Morgan fingerprint density at radius 3 is 2.65 bits per heavy atom. The number of hydrogen-bond donors (Lipinski definition) is 1. The Kier molecular flexibility index (Phi) is 5.62. The van der Waals surface area contributed by atoms with Crippen LogP contribution in [0.5, 0.6) is 0 Å². The molecular formula is C17H26N2O. The lowest BCUT2D eigenvalue weighted by Gasteiger charge is -2.18. The lowest BCUT2D eigenvalue weighted by atomic mass is 10.2. The van der Waals surface area contributed by atoms with E-state index in [0.717, 1.165) is 37.5 Å². The zero-order chi connectivity index (χ0) is 14.4. The molecule has 0 saturated carbocycles. The van der Waals surface area contributed by atoms with Crippen LogP contribution in [0.3, 0.4) is 0 Å². The average molecular weight is 274 g/mol. The van der Waals surface area contributed by atoms with Crippen molar-refractivity contribution in [3.05, 3.63) is 36.1 Å². The summed E-state index contributed by atoms with van der Waals surface area (Å²) in [6, 6.07) is 10.6. The van der Waals surface area contributed by atoms with Crippen LogP contribution >= 0.6 is 0 Å². The van der Waals surface area contributed by atoms with Gasteiger partial charge in [-0.15, -0.1) is 0 Å². The Labute approximate surface area is 122 Å². The van der Waals surface area contributed by atoms with Crippen LogP contribution in [0.25, 0.3) is 11.0 Å². The van der Waals surface area contributed by atoms with Crippen LogP contribution in [-0.2, 0) is 0 Å². The van der Waals surface area contributed by atoms with Gasteiger partial charge in [-0.25, -0.2) is 0 Å². The molecule has 0 bridgehead atoms. The van der Waals surface area contributed by atoms with Gasteiger partial charge in [-0.3, -0.25) is 0 Å². The van der Waals surface area contributed by atoms with Crippen molar-refractivity contribution in [2.75, 3.05) is 26.2 Å². The van der Waals surface area contributed by atoms with Gasteiger partial charge in [0.05, 0.1) is 6.04 Å². The zero-order valence-electron chi connectivity index (χ0n) is 12.9. The summed E-state index contributed by atoms with van der Waals surface area (Å²) < 4.78 is 5.88. The molecule has 1 heterocycles. The first-order valence-corrected chi connectivity index (χ1v) is 7.68. The van der Waals surface area contributed by atoms with Gasteiger partial charge in [0, 0.05) is 5.39 Å². The van der Waals surface area contributed by atoms with Gasteiger partial charge in [-0.2, -0.15) is 0 Å². The van der Waals surface area contributed by atoms with Crippen LogP contribution in [0.4, 0.5) is 0 Å². The number of rotatable bonds is 8. The summed E-state index contributed by atoms with van der Waals surface area (Å²) in [6.07, 6.45) is 1.17. The third-order valence-electron chi connectivity index (χ3n) is 3.87. The predicted molar refractivity (Wildman–Crippen MR) is 85.0 cm³/mol. The minimum absolute atomic E-state index is 0.263. The topological polar surface area (TPSA) is 28.4 Å². The van der Waals surface area contributed by atoms with Gasteiger partial charge in [0.2, 0.25) is 0 Å². The second-order valence-electron chi connectivity index (χ2n) is 5.24. The van der Waals surface area contributed by atoms with E-state index in [2.05, 4.69) is 43.1 Å². The second kappa shape index (κ2) is 7.46. The molecule has 2 aromatic rings. The quantitative estimate of drug-likeness (QED) is 0.742. The summed E-state index contributed by atoms with van der Waals surface area (Å²) >= 11 is 0. The predicted octanol–water partition coefficient (Wildman–Crippen LogP) is 3.82. The molecule has 3 heteroatoms. The fourth-order valence-electron chi connectivity index (χ4n) is 2.48. The van der Waals surface area contributed by atoms with Crippen LogP contribution in [0.15, 0.2) is 34.7 Å². The Hall–Kier alpha value is -1.32. The molecular weight excluding hydrogens is 248 g/mol. The molecule has 0 aliphatic heterocycles. The molecule has 0 radical (unpaired) electrons. The molecule has 0 fully saturated rings. The van der Waals surface area contributed by atoms with E-state index in [4.69, 9.17) is 4.42 Å². The summed E-state index contributed by atoms with van der Waals surface area (Å²) in [5.74, 6) is 1.02. The van der Waals surface area contributed by atoms with Gasteiger partial charge in [-0.05, 0) is 51.7 Å². The van der Waals surface area contributed by atoms with Crippen molar-refractivity contribution in [1.29, 1.82) is 0 Å². The fraction of sp³-hybridized carbons (Fsp3) is 0.529. The number of furan rings is 1. The molecule has 0 aliphatic rings. The summed E-state index contributed by atoms with van der Waals surface area (Å²) in [5.41, 5.74) is 0.972. The molecule has 0 saturated heterocycles. The molecule has 1 aromatic carbocycles. The highest BCUT2D eigenvalue weighted by Crippen LogP contribution is 2.23. The Morgan fingerprint density at radius 2 is 1.95 bits per heavy atom. The van der Waals surface area contributed by atoms with Gasteiger partial charge in [0.1, 0.15) is 11.3 Å². The van der Waals surface area contributed by atoms with Gasteiger partial charge in [0.15, 0.2) is 0 Å². The van der Waals surface area contributed by atoms with Crippen LogP contribution in [0, 0.1) is 0 Å². The first-order valence-electron chi connectivity index (χ1n) is 7.68. The molecule has 0 amide bonds. The first-order chi connectivity index (χ1) is 9.74. The molecule has 0 aliphatic carbocycles. The van der Waals surface area contributed by atoms with Crippen LogP contribution in [-0.4, -0.2) is 31.1 Å². The van der Waals surface area contributed by atoms with Gasteiger partial charge in [0.25, 0.3) is 0 Å². The van der Waals surface area contributed by atoms with E-state index in [0.29, 0.717) is 0 Å². The van der Waals surface area contributed by atoms with Crippen molar-refractivity contribution in [2.24, 2.45) is 0 Å². The number of hydrogen-bond acceptors (Lipinski definition) is 3. The molecule has 110 valence electrons. The van der Waals surface area contributed by atoms with Gasteiger partial charge < -0.3 is 14.6 Å². The maximum Gasteiger partial charge on any atom is 0.134 e. The lowest BCUT2D eigenvalue weighted by molar-refractivity contribution is 0.295. The number of nitrogens with zero attached hydrogens (tertiary/aromatic N) is 1. The molecule has 1 aromatic heterocycles. The molecule has 1 N–H and O–H groups in total. The number of fused-ring (bicyclic) bond motifs is 1. The molecule has 2 rings (SSSR count). The van der Waals surface area contributed by atoms with E-state index < -0.39 is 0 Å². The van der Waals surface area contributed by atoms with Crippen molar-refractivity contribution >= 4 is 11.0 Å². The molecule has 3 nitrogen and oxygen atoms in total. The Bertz CT molecular complexity index is 483. The van der Waals surface area contributed by atoms with Crippen LogP contribution in [0.1, 0.15) is 39.0 Å². The van der Waals surface area contributed by atoms with Crippen molar-refractivity contribution in [3.63, 3.8) is 0 Å². The molecule has 1 unspecified atom stereocenters. The Morgan fingerprint density at radius 1 is 1.20 bits per heavy atom. The lowest BCUT2D eigenvalue weighted by Crippen LogP contribution is -2.28. The third-order valence-corrected chi connectivity index (χ3v) is 3.87. The van der Waals surface area contributed by atoms with E-state index in [1.807, 2.05) is 18.2 Å². The summed E-state index contributed by atoms with van der Waals surface area (Å²) in [7, 11) is 0. The van der Waals surface area contributed by atoms with Crippen molar-refractivity contribution in [2.45, 2.75) is 33.2 Å². The van der Waals surface area contributed by atoms with Crippen LogP contribution in [0.2, 0.25) is 0 Å². The fourth-order valence-corrected chi connectivity index (χ4v) is 2.48. The summed E-state index contributed by atoms with van der Waals surface area (Å²) in [5, 5.41) is 4.72. The minimum Gasteiger partial charge on any atom is -0.459 e. The van der Waals surface area contributed by atoms with Gasteiger partial charge in [-0.1, -0.05) is 32.0 Å². The smallest absolute Gasteiger partial charge is 0.134 e. The van der Waals surface area contributed by atoms with E-state index in [1.54, 1.807) is 0 Å². The summed E-state index contributed by atoms with van der Waals surface area (Å²) in [6.45, 7) is 11.0. The van der Waals surface area contributed by atoms with Crippen LogP contribution < -0.4 is 5.32 Å². The van der Waals surface area contributed by atoms with E-state index in [1.165, 1.54) is 11.8 Å². The molecule has 0 spiro atoms. The maximum absolute atomic E-state index is 5.88. The largest absolute Gasteiger partial charge is 0.459 e. The standard InChI is InChI=1S/C17H26N2O/c1-4-19(5-2)12-8-11-18-14(3)17-13-15-9-6-7-10-16(15)20-17/h6-7,9-10,13-14,18H,4-5,8,11-12H2,1-3H3. The third kappa shape index (κ3) is 3.84.